The van der Waals surface area contributed by atoms with E-state index in [4.69, 9.17) is 0 Å². The average Bonchev–Trinajstić information content (AvgIpc) is 2.36. The lowest BCUT2D eigenvalue weighted by Gasteiger charge is -2.06. The normalized spacial score (nSPS) is 10.6. The van der Waals surface area contributed by atoms with Crippen LogP contribution in [0.4, 0.5) is 4.39 Å². The van der Waals surface area contributed by atoms with Crippen LogP contribution < -0.4 is 0 Å². The van der Waals surface area contributed by atoms with Crippen molar-refractivity contribution in [3.63, 3.8) is 0 Å². The van der Waals surface area contributed by atoms with Crippen LogP contribution in [0.15, 0.2) is 36.5 Å². The number of benzene rings is 1. The Morgan fingerprint density at radius 3 is 2.67 bits per heavy atom. The van der Waals surface area contributed by atoms with Gasteiger partial charge >= 0.3 is 0 Å². The number of aromatic nitrogens is 1. The zero-order chi connectivity index (χ0) is 13.0. The predicted molar refractivity (Wildman–Crippen MR) is 73.0 cm³/mol. The number of nitrogens with zero attached hydrogens (tertiary/aromatic N) is 1. The lowest BCUT2D eigenvalue weighted by molar-refractivity contribution is 0.624. The third-order valence-electron chi connectivity index (χ3n) is 2.98. The van der Waals surface area contributed by atoms with Crippen LogP contribution in [0.1, 0.15) is 30.9 Å². The van der Waals surface area contributed by atoms with Crippen molar-refractivity contribution in [3.05, 3.63) is 53.5 Å². The van der Waals surface area contributed by atoms with Gasteiger partial charge in [0.15, 0.2) is 0 Å². The van der Waals surface area contributed by atoms with E-state index in [1.807, 2.05) is 31.3 Å². The van der Waals surface area contributed by atoms with Crippen molar-refractivity contribution in [2.45, 2.75) is 33.1 Å². The second-order valence-electron chi connectivity index (χ2n) is 4.67. The molecule has 0 spiro atoms. The third-order valence-corrected chi connectivity index (χ3v) is 2.98. The van der Waals surface area contributed by atoms with Gasteiger partial charge in [0.25, 0.3) is 0 Å². The Balaban J connectivity index is 2.32. The van der Waals surface area contributed by atoms with E-state index in [2.05, 4.69) is 11.9 Å². The first-order chi connectivity index (χ1) is 8.69. The zero-order valence-electron chi connectivity index (χ0n) is 10.9. The average molecular weight is 243 g/mol. The van der Waals surface area contributed by atoms with E-state index in [0.29, 0.717) is 0 Å². The topological polar surface area (TPSA) is 12.9 Å². The maximum absolute atomic E-state index is 13.6. The summed E-state index contributed by atoms with van der Waals surface area (Å²) in [5.41, 5.74) is 3.86. The molecule has 0 radical (unpaired) electrons. The Labute approximate surface area is 108 Å². The predicted octanol–water partition coefficient (Wildman–Crippen LogP) is 4.54. The highest BCUT2D eigenvalue weighted by atomic mass is 19.1. The van der Waals surface area contributed by atoms with Crippen molar-refractivity contribution in [3.8, 4) is 11.3 Å². The van der Waals surface area contributed by atoms with Gasteiger partial charge in [-0.2, -0.15) is 0 Å². The van der Waals surface area contributed by atoms with Crippen LogP contribution in [0.5, 0.6) is 0 Å². The first kappa shape index (κ1) is 12.7. The standard InChI is InChI=1S/C16H18FN/c1-3-4-5-13-8-14(10-15(17)9-13)16-7-6-12(2)11-18-16/h6-11H,3-5H2,1-2H3. The Morgan fingerprint density at radius 2 is 2.00 bits per heavy atom. The summed E-state index contributed by atoms with van der Waals surface area (Å²) in [5, 5.41) is 0. The highest BCUT2D eigenvalue weighted by Gasteiger charge is 2.04. The van der Waals surface area contributed by atoms with E-state index in [9.17, 15) is 4.39 Å². The first-order valence-electron chi connectivity index (χ1n) is 6.41. The second kappa shape index (κ2) is 5.76. The molecule has 0 atom stereocenters. The van der Waals surface area contributed by atoms with E-state index < -0.39 is 0 Å². The number of pyridine rings is 1. The Morgan fingerprint density at radius 1 is 1.17 bits per heavy atom. The number of rotatable bonds is 4. The van der Waals surface area contributed by atoms with E-state index in [0.717, 1.165) is 41.6 Å². The lowest BCUT2D eigenvalue weighted by Crippen LogP contribution is -1.91. The number of hydrogen-bond donors (Lipinski definition) is 0. The monoisotopic (exact) mass is 243 g/mol. The zero-order valence-corrected chi connectivity index (χ0v) is 10.9. The Hall–Kier alpha value is -1.70. The van der Waals surface area contributed by atoms with E-state index in [1.165, 1.54) is 0 Å². The molecule has 2 rings (SSSR count). The molecule has 2 heteroatoms. The van der Waals surface area contributed by atoms with Crippen LogP contribution in [0, 0.1) is 12.7 Å². The summed E-state index contributed by atoms with van der Waals surface area (Å²) in [6.45, 7) is 4.14. The summed E-state index contributed by atoms with van der Waals surface area (Å²) < 4.78 is 13.6. The molecule has 1 aromatic carbocycles. The molecule has 0 aliphatic carbocycles. The van der Waals surface area contributed by atoms with Gasteiger partial charge in [-0.1, -0.05) is 19.4 Å². The fourth-order valence-electron chi connectivity index (χ4n) is 1.96. The Bertz CT molecular complexity index is 517. The number of halogens is 1. The van der Waals surface area contributed by atoms with Crippen molar-refractivity contribution in [1.29, 1.82) is 0 Å². The van der Waals surface area contributed by atoms with Crippen molar-refractivity contribution in [1.82, 2.24) is 4.98 Å². The molecule has 0 amide bonds. The second-order valence-corrected chi connectivity index (χ2v) is 4.67. The molecule has 0 unspecified atom stereocenters. The van der Waals surface area contributed by atoms with Gasteiger partial charge in [0.2, 0.25) is 0 Å². The summed E-state index contributed by atoms with van der Waals surface area (Å²) >= 11 is 0. The summed E-state index contributed by atoms with van der Waals surface area (Å²) in [6, 6.07) is 9.14. The third kappa shape index (κ3) is 3.16. The summed E-state index contributed by atoms with van der Waals surface area (Å²) in [7, 11) is 0. The minimum Gasteiger partial charge on any atom is -0.256 e. The molecule has 94 valence electrons. The van der Waals surface area contributed by atoms with Crippen LogP contribution in [-0.2, 0) is 6.42 Å². The molecular weight excluding hydrogens is 225 g/mol. The molecule has 0 bridgehead atoms. The maximum atomic E-state index is 13.6. The van der Waals surface area contributed by atoms with E-state index in [-0.39, 0.29) is 5.82 Å². The smallest absolute Gasteiger partial charge is 0.124 e. The molecule has 0 saturated heterocycles. The van der Waals surface area contributed by atoms with Crippen LogP contribution in [0.2, 0.25) is 0 Å². The number of hydrogen-bond acceptors (Lipinski definition) is 1. The van der Waals surface area contributed by atoms with Gasteiger partial charge in [-0.05, 0) is 55.2 Å². The van der Waals surface area contributed by atoms with Crippen molar-refractivity contribution in [2.24, 2.45) is 0 Å². The number of aryl methyl sites for hydroxylation is 2. The quantitative estimate of drug-likeness (QED) is 0.768. The van der Waals surface area contributed by atoms with Crippen LogP contribution in [0.25, 0.3) is 11.3 Å². The summed E-state index contributed by atoms with van der Waals surface area (Å²) in [6.07, 6.45) is 4.94. The molecule has 1 nitrogen and oxygen atoms in total. The molecule has 18 heavy (non-hydrogen) atoms. The van der Waals surface area contributed by atoms with Gasteiger partial charge in [0.05, 0.1) is 5.69 Å². The van der Waals surface area contributed by atoms with Crippen molar-refractivity contribution < 1.29 is 4.39 Å². The molecule has 0 fully saturated rings. The summed E-state index contributed by atoms with van der Waals surface area (Å²) in [5.74, 6) is -0.180. The van der Waals surface area contributed by atoms with Crippen molar-refractivity contribution in [2.75, 3.05) is 0 Å². The molecule has 2 aromatic rings. The minimum atomic E-state index is -0.180. The molecular formula is C16H18FN. The maximum Gasteiger partial charge on any atom is 0.124 e. The van der Waals surface area contributed by atoms with Crippen LogP contribution in [-0.4, -0.2) is 4.98 Å². The molecule has 1 aromatic heterocycles. The lowest BCUT2D eigenvalue weighted by atomic mass is 10.0. The Kier molecular flexibility index (Phi) is 4.08. The molecule has 0 saturated carbocycles. The van der Waals surface area contributed by atoms with Crippen LogP contribution >= 0.6 is 0 Å². The van der Waals surface area contributed by atoms with Crippen LogP contribution in [0.3, 0.4) is 0 Å². The fraction of sp³-hybridized carbons (Fsp3) is 0.312. The molecule has 0 aliphatic heterocycles. The first-order valence-corrected chi connectivity index (χ1v) is 6.41. The molecule has 0 aliphatic rings. The highest BCUT2D eigenvalue weighted by Crippen LogP contribution is 2.21. The number of unbranched alkanes of at least 4 members (excludes halogenated alkanes) is 1. The molecule has 0 N–H and O–H groups in total. The fourth-order valence-corrected chi connectivity index (χ4v) is 1.96. The molecule has 1 heterocycles. The van der Waals surface area contributed by atoms with Gasteiger partial charge in [-0.15, -0.1) is 0 Å². The van der Waals surface area contributed by atoms with Gasteiger partial charge < -0.3 is 0 Å². The highest BCUT2D eigenvalue weighted by molar-refractivity contribution is 5.60. The van der Waals surface area contributed by atoms with Gasteiger partial charge in [0.1, 0.15) is 5.82 Å². The van der Waals surface area contributed by atoms with Crippen molar-refractivity contribution >= 4 is 0 Å². The minimum absolute atomic E-state index is 0.180. The van der Waals surface area contributed by atoms with E-state index in [1.54, 1.807) is 12.1 Å². The SMILES string of the molecule is CCCCc1cc(F)cc(-c2ccc(C)cn2)c1. The van der Waals surface area contributed by atoms with Gasteiger partial charge in [-0.3, -0.25) is 4.98 Å². The largest absolute Gasteiger partial charge is 0.256 e. The van der Waals surface area contributed by atoms with E-state index >= 15 is 0 Å². The summed E-state index contributed by atoms with van der Waals surface area (Å²) in [4.78, 5) is 4.34. The van der Waals surface area contributed by atoms with Gasteiger partial charge in [0, 0.05) is 11.8 Å². The van der Waals surface area contributed by atoms with Gasteiger partial charge in [-0.25, -0.2) is 4.39 Å².